The third-order valence-corrected chi connectivity index (χ3v) is 4.24. The van der Waals surface area contributed by atoms with E-state index in [1.165, 1.54) is 12.1 Å². The van der Waals surface area contributed by atoms with Crippen molar-refractivity contribution in [1.82, 2.24) is 0 Å². The lowest BCUT2D eigenvalue weighted by Gasteiger charge is -2.16. The summed E-state index contributed by atoms with van der Waals surface area (Å²) in [6.45, 7) is 6.02. The molecule has 2 rings (SSSR count). The Morgan fingerprint density at radius 3 is 2.57 bits per heavy atom. The Kier molecular flexibility index (Phi) is 5.15. The van der Waals surface area contributed by atoms with Crippen LogP contribution in [0.25, 0.3) is 0 Å². The van der Waals surface area contributed by atoms with Gasteiger partial charge in [-0.3, -0.25) is 14.9 Å². The van der Waals surface area contributed by atoms with Crippen LogP contribution in [0.4, 0.5) is 11.4 Å². The highest BCUT2D eigenvalue weighted by Gasteiger charge is 2.18. The minimum atomic E-state index is -0.520. The summed E-state index contributed by atoms with van der Waals surface area (Å²) >= 11 is 3.12. The van der Waals surface area contributed by atoms with Gasteiger partial charge in [0.05, 0.1) is 9.40 Å². The molecule has 0 saturated heterocycles. The lowest BCUT2D eigenvalue weighted by Crippen LogP contribution is -2.15. The smallest absolute Gasteiger partial charge is 0.284 e. The van der Waals surface area contributed by atoms with Crippen molar-refractivity contribution in [2.45, 2.75) is 26.7 Å². The summed E-state index contributed by atoms with van der Waals surface area (Å²) in [5.41, 5.74) is 2.86. The third-order valence-electron chi connectivity index (χ3n) is 3.57. The number of amides is 1. The number of carbonyl (C=O) groups excluding carboxylic acids is 1. The van der Waals surface area contributed by atoms with Crippen LogP contribution >= 0.6 is 15.9 Å². The normalized spacial score (nSPS) is 10.7. The molecule has 23 heavy (non-hydrogen) atoms. The summed E-state index contributed by atoms with van der Waals surface area (Å²) in [4.78, 5) is 23.0. The molecule has 0 bridgehead atoms. The lowest BCUT2D eigenvalue weighted by atomic mass is 9.98. The molecule has 120 valence electrons. The maximum Gasteiger partial charge on any atom is 0.284 e. The largest absolute Gasteiger partial charge is 0.321 e. The molecule has 0 radical (unpaired) electrons. The average molecular weight is 377 g/mol. The highest BCUT2D eigenvalue weighted by molar-refractivity contribution is 9.10. The van der Waals surface area contributed by atoms with E-state index in [4.69, 9.17) is 0 Å². The van der Waals surface area contributed by atoms with Crippen molar-refractivity contribution in [3.8, 4) is 0 Å². The molecule has 0 spiro atoms. The Balaban J connectivity index is 2.37. The minimum Gasteiger partial charge on any atom is -0.321 e. The highest BCUT2D eigenvalue weighted by atomic mass is 79.9. The predicted octanol–water partition coefficient (Wildman–Crippen LogP) is 5.04. The number of anilines is 1. The highest BCUT2D eigenvalue weighted by Crippen LogP contribution is 2.29. The summed E-state index contributed by atoms with van der Waals surface area (Å²) < 4.78 is 0.345. The standard InChI is InChI=1S/C17H17BrN2O3/c1-10(2)13-6-4-5-11(3)16(13)19-17(21)12-7-8-14(18)15(9-12)20(22)23/h4-10H,1-3H3,(H,19,21). The van der Waals surface area contributed by atoms with Gasteiger partial charge in [0.2, 0.25) is 0 Å². The number of rotatable bonds is 4. The van der Waals surface area contributed by atoms with Crippen LogP contribution in [0.2, 0.25) is 0 Å². The van der Waals surface area contributed by atoms with Gasteiger partial charge in [0.25, 0.3) is 11.6 Å². The average Bonchev–Trinajstić information content (AvgIpc) is 2.49. The number of halogens is 1. The van der Waals surface area contributed by atoms with Crippen molar-refractivity contribution < 1.29 is 9.72 Å². The van der Waals surface area contributed by atoms with Crippen LogP contribution in [0, 0.1) is 17.0 Å². The van der Waals surface area contributed by atoms with Crippen LogP contribution in [0.15, 0.2) is 40.9 Å². The number of nitrogens with zero attached hydrogens (tertiary/aromatic N) is 1. The van der Waals surface area contributed by atoms with Crippen LogP contribution in [-0.4, -0.2) is 10.8 Å². The molecule has 0 heterocycles. The second-order valence-corrected chi connectivity index (χ2v) is 6.43. The Hall–Kier alpha value is -2.21. The van der Waals surface area contributed by atoms with Gasteiger partial charge >= 0.3 is 0 Å². The molecule has 0 unspecified atom stereocenters. The summed E-state index contributed by atoms with van der Waals surface area (Å²) in [5, 5.41) is 13.9. The Morgan fingerprint density at radius 1 is 1.26 bits per heavy atom. The number of hydrogen-bond donors (Lipinski definition) is 1. The van der Waals surface area contributed by atoms with Gasteiger partial charge in [-0.2, -0.15) is 0 Å². The molecule has 0 aliphatic rings. The minimum absolute atomic E-state index is 0.133. The Bertz CT molecular complexity index is 772. The number of nitro groups is 1. The molecule has 5 nitrogen and oxygen atoms in total. The van der Waals surface area contributed by atoms with Gasteiger partial charge in [-0.15, -0.1) is 0 Å². The fraction of sp³-hybridized carbons (Fsp3) is 0.235. The van der Waals surface area contributed by atoms with Gasteiger partial charge in [0, 0.05) is 17.3 Å². The maximum atomic E-state index is 12.5. The first-order valence-corrected chi connectivity index (χ1v) is 7.95. The van der Waals surface area contributed by atoms with Crippen molar-refractivity contribution in [3.63, 3.8) is 0 Å². The van der Waals surface area contributed by atoms with E-state index in [0.717, 1.165) is 16.8 Å². The van der Waals surface area contributed by atoms with Gasteiger partial charge < -0.3 is 5.32 Å². The van der Waals surface area contributed by atoms with Gasteiger partial charge in [0.15, 0.2) is 0 Å². The molecule has 1 amide bonds. The molecule has 0 aliphatic carbocycles. The SMILES string of the molecule is Cc1cccc(C(C)C)c1NC(=O)c1ccc(Br)c([N+](=O)[O-])c1. The second kappa shape index (κ2) is 6.91. The quantitative estimate of drug-likeness (QED) is 0.599. The molecule has 0 aliphatic heterocycles. The van der Waals surface area contributed by atoms with Crippen LogP contribution < -0.4 is 5.32 Å². The molecule has 0 fully saturated rings. The molecule has 6 heteroatoms. The summed E-state index contributed by atoms with van der Waals surface area (Å²) in [5.74, 6) is -0.110. The maximum absolute atomic E-state index is 12.5. The topological polar surface area (TPSA) is 72.2 Å². The van der Waals surface area contributed by atoms with Gasteiger partial charge in [-0.1, -0.05) is 32.0 Å². The monoisotopic (exact) mass is 376 g/mol. The van der Waals surface area contributed by atoms with Gasteiger partial charge in [-0.05, 0) is 52.0 Å². The Labute approximate surface area is 143 Å². The summed E-state index contributed by atoms with van der Waals surface area (Å²) in [7, 11) is 0. The first kappa shape index (κ1) is 17.1. The number of benzene rings is 2. The zero-order chi connectivity index (χ0) is 17.1. The zero-order valence-electron chi connectivity index (χ0n) is 13.1. The van der Waals surface area contributed by atoms with E-state index < -0.39 is 4.92 Å². The molecule has 2 aromatic carbocycles. The van der Waals surface area contributed by atoms with Crippen LogP contribution in [0.5, 0.6) is 0 Å². The van der Waals surface area contributed by atoms with Crippen molar-refractivity contribution in [2.75, 3.05) is 5.32 Å². The van der Waals surface area contributed by atoms with E-state index in [-0.39, 0.29) is 23.1 Å². The van der Waals surface area contributed by atoms with E-state index >= 15 is 0 Å². The zero-order valence-corrected chi connectivity index (χ0v) is 14.7. The molecule has 0 saturated carbocycles. The number of hydrogen-bond acceptors (Lipinski definition) is 3. The number of para-hydroxylation sites is 1. The van der Waals surface area contributed by atoms with Crippen molar-refractivity contribution in [2.24, 2.45) is 0 Å². The number of nitrogens with one attached hydrogen (secondary N) is 1. The second-order valence-electron chi connectivity index (χ2n) is 5.57. The van der Waals surface area contributed by atoms with E-state index in [2.05, 4.69) is 35.1 Å². The Morgan fingerprint density at radius 2 is 1.96 bits per heavy atom. The van der Waals surface area contributed by atoms with Gasteiger partial charge in [-0.25, -0.2) is 0 Å². The lowest BCUT2D eigenvalue weighted by molar-refractivity contribution is -0.385. The van der Waals surface area contributed by atoms with Crippen LogP contribution in [0.1, 0.15) is 41.3 Å². The predicted molar refractivity (Wildman–Crippen MR) is 94.0 cm³/mol. The van der Waals surface area contributed by atoms with Crippen molar-refractivity contribution in [3.05, 3.63) is 67.7 Å². The van der Waals surface area contributed by atoms with Gasteiger partial charge in [0.1, 0.15) is 0 Å². The summed E-state index contributed by atoms with van der Waals surface area (Å²) in [6.07, 6.45) is 0. The van der Waals surface area contributed by atoms with E-state index in [1.54, 1.807) is 6.07 Å². The van der Waals surface area contributed by atoms with Crippen LogP contribution in [0.3, 0.4) is 0 Å². The summed E-state index contributed by atoms with van der Waals surface area (Å²) in [6, 6.07) is 10.2. The fourth-order valence-corrected chi connectivity index (χ4v) is 2.71. The molecular formula is C17H17BrN2O3. The number of aryl methyl sites for hydroxylation is 1. The molecule has 0 aromatic heterocycles. The molecule has 2 aromatic rings. The fourth-order valence-electron chi connectivity index (χ4n) is 2.32. The molecule has 1 N–H and O–H groups in total. The van der Waals surface area contributed by atoms with Crippen molar-refractivity contribution >= 4 is 33.2 Å². The van der Waals surface area contributed by atoms with Crippen molar-refractivity contribution in [1.29, 1.82) is 0 Å². The first-order chi connectivity index (χ1) is 10.8. The van der Waals surface area contributed by atoms with E-state index in [0.29, 0.717) is 4.47 Å². The number of nitro benzene ring substituents is 1. The van der Waals surface area contributed by atoms with Crippen LogP contribution in [-0.2, 0) is 0 Å². The van der Waals surface area contributed by atoms with E-state index in [1.807, 2.05) is 25.1 Å². The number of carbonyl (C=O) groups is 1. The van der Waals surface area contributed by atoms with E-state index in [9.17, 15) is 14.9 Å². The first-order valence-electron chi connectivity index (χ1n) is 7.16. The third kappa shape index (κ3) is 3.76. The molecular weight excluding hydrogens is 360 g/mol. The molecule has 0 atom stereocenters.